The van der Waals surface area contributed by atoms with Gasteiger partial charge in [-0.05, 0) is 25.3 Å². The summed E-state index contributed by atoms with van der Waals surface area (Å²) in [6.45, 7) is 4.35. The quantitative estimate of drug-likeness (QED) is 0.590. The summed E-state index contributed by atoms with van der Waals surface area (Å²) >= 11 is 0. The lowest BCUT2D eigenvalue weighted by Crippen LogP contribution is -1.82. The summed E-state index contributed by atoms with van der Waals surface area (Å²) in [4.78, 5) is 0. The van der Waals surface area contributed by atoms with Gasteiger partial charge in [0.1, 0.15) is 0 Å². The minimum atomic E-state index is 1.21. The van der Waals surface area contributed by atoms with E-state index in [-0.39, 0.29) is 0 Å². The van der Waals surface area contributed by atoms with Crippen molar-refractivity contribution in [1.29, 1.82) is 0 Å². The van der Waals surface area contributed by atoms with Gasteiger partial charge < -0.3 is 0 Å². The summed E-state index contributed by atoms with van der Waals surface area (Å²) in [7, 11) is 0. The Morgan fingerprint density at radius 2 is 1.83 bits per heavy atom. The van der Waals surface area contributed by atoms with E-state index in [1.807, 2.05) is 0 Å². The molecule has 0 nitrogen and oxygen atoms in total. The lowest BCUT2D eigenvalue weighted by molar-refractivity contribution is 0.791. The van der Waals surface area contributed by atoms with Gasteiger partial charge in [-0.2, -0.15) is 0 Å². The first kappa shape index (κ1) is 9.31. The molecule has 1 rings (SSSR count). The number of hydrogen-bond acceptors (Lipinski definition) is 0. The molecule has 0 N–H and O–H groups in total. The summed E-state index contributed by atoms with van der Waals surface area (Å²) in [5, 5.41) is 0. The number of rotatable bonds is 4. The lowest BCUT2D eigenvalue weighted by atomic mass is 10.1. The monoisotopic (exact) mass is 161 g/mol. The summed E-state index contributed by atoms with van der Waals surface area (Å²) in [5.74, 6) is 0. The highest BCUT2D eigenvalue weighted by atomic mass is 14.0. The van der Waals surface area contributed by atoms with Crippen LogP contribution in [0.3, 0.4) is 0 Å². The maximum absolute atomic E-state index is 2.31. The van der Waals surface area contributed by atoms with Gasteiger partial charge in [0.15, 0.2) is 0 Å². The Labute approximate surface area is 75.6 Å². The Hall–Kier alpha value is -0.780. The third-order valence-corrected chi connectivity index (χ3v) is 2.02. The Morgan fingerprint density at radius 1 is 1.17 bits per heavy atom. The summed E-state index contributed by atoms with van der Waals surface area (Å²) in [6, 6.07) is 8.70. The standard InChI is InChI=1S/C12H17/c1-3-4-5-6-12-9-7-11(2)8-10-12/h6-10H,3-5H2,1-2H3. The molecular formula is C12H17. The van der Waals surface area contributed by atoms with E-state index in [1.54, 1.807) is 0 Å². The van der Waals surface area contributed by atoms with E-state index in [1.165, 1.54) is 30.4 Å². The molecule has 0 saturated carbocycles. The van der Waals surface area contributed by atoms with Crippen LogP contribution in [0.4, 0.5) is 0 Å². The summed E-state index contributed by atoms with van der Waals surface area (Å²) in [5.41, 5.74) is 2.69. The van der Waals surface area contributed by atoms with Crippen molar-refractivity contribution < 1.29 is 0 Å². The van der Waals surface area contributed by atoms with Crippen LogP contribution in [0.1, 0.15) is 37.3 Å². The van der Waals surface area contributed by atoms with E-state index in [0.717, 1.165) is 0 Å². The van der Waals surface area contributed by atoms with Crippen molar-refractivity contribution in [3.8, 4) is 0 Å². The molecule has 12 heavy (non-hydrogen) atoms. The largest absolute Gasteiger partial charge is 0.0654 e. The molecule has 0 fully saturated rings. The predicted octanol–water partition coefficient (Wildman–Crippen LogP) is 3.74. The second-order valence-electron chi connectivity index (χ2n) is 3.26. The second-order valence-corrected chi connectivity index (χ2v) is 3.26. The molecule has 0 atom stereocenters. The fourth-order valence-corrected chi connectivity index (χ4v) is 1.18. The van der Waals surface area contributed by atoms with Gasteiger partial charge in [0, 0.05) is 0 Å². The predicted molar refractivity (Wildman–Crippen MR) is 54.1 cm³/mol. The molecule has 0 heteroatoms. The molecule has 0 aliphatic heterocycles. The van der Waals surface area contributed by atoms with Crippen molar-refractivity contribution in [3.05, 3.63) is 41.8 Å². The normalized spacial score (nSPS) is 10.2. The van der Waals surface area contributed by atoms with E-state index in [4.69, 9.17) is 0 Å². The van der Waals surface area contributed by atoms with Crippen molar-refractivity contribution in [2.45, 2.75) is 33.1 Å². The van der Waals surface area contributed by atoms with Gasteiger partial charge in [-0.1, -0.05) is 49.6 Å². The highest BCUT2D eigenvalue weighted by molar-refractivity contribution is 5.26. The van der Waals surface area contributed by atoms with Gasteiger partial charge in [0.25, 0.3) is 0 Å². The third-order valence-electron chi connectivity index (χ3n) is 2.02. The molecule has 1 aromatic rings. The van der Waals surface area contributed by atoms with Crippen LogP contribution in [0.15, 0.2) is 24.3 Å². The molecule has 0 amide bonds. The lowest BCUT2D eigenvalue weighted by Gasteiger charge is -1.99. The van der Waals surface area contributed by atoms with Gasteiger partial charge in [0.2, 0.25) is 0 Å². The van der Waals surface area contributed by atoms with E-state index in [0.29, 0.717) is 0 Å². The number of hydrogen-bond donors (Lipinski definition) is 0. The number of unbranched alkanes of at least 4 members (excludes halogenated alkanes) is 2. The average Bonchev–Trinajstić information content (AvgIpc) is 2.09. The van der Waals surface area contributed by atoms with E-state index < -0.39 is 0 Å². The van der Waals surface area contributed by atoms with E-state index >= 15 is 0 Å². The van der Waals surface area contributed by atoms with Crippen LogP contribution in [0.2, 0.25) is 0 Å². The Balaban J connectivity index is 2.37. The van der Waals surface area contributed by atoms with Crippen LogP contribution in [0.25, 0.3) is 0 Å². The average molecular weight is 161 g/mol. The van der Waals surface area contributed by atoms with Gasteiger partial charge in [-0.15, -0.1) is 0 Å². The molecule has 0 spiro atoms. The number of benzene rings is 1. The summed E-state index contributed by atoms with van der Waals surface area (Å²) in [6.07, 6.45) is 6.10. The summed E-state index contributed by atoms with van der Waals surface area (Å²) < 4.78 is 0. The van der Waals surface area contributed by atoms with Crippen LogP contribution in [-0.4, -0.2) is 0 Å². The minimum Gasteiger partial charge on any atom is -0.0654 e. The van der Waals surface area contributed by atoms with E-state index in [2.05, 4.69) is 44.5 Å². The highest BCUT2D eigenvalue weighted by Crippen LogP contribution is 2.09. The topological polar surface area (TPSA) is 0 Å². The van der Waals surface area contributed by atoms with Crippen LogP contribution in [0.5, 0.6) is 0 Å². The minimum absolute atomic E-state index is 1.21. The van der Waals surface area contributed by atoms with Gasteiger partial charge in [0.05, 0.1) is 0 Å². The third kappa shape index (κ3) is 3.08. The molecule has 0 bridgehead atoms. The maximum atomic E-state index is 2.31. The van der Waals surface area contributed by atoms with Crippen molar-refractivity contribution in [2.75, 3.05) is 0 Å². The zero-order valence-electron chi connectivity index (χ0n) is 8.01. The molecule has 0 aliphatic carbocycles. The van der Waals surface area contributed by atoms with Crippen molar-refractivity contribution in [3.63, 3.8) is 0 Å². The SMILES string of the molecule is CCCC[CH]c1ccc(C)cc1. The Bertz CT molecular complexity index is 208. The van der Waals surface area contributed by atoms with Crippen LogP contribution >= 0.6 is 0 Å². The van der Waals surface area contributed by atoms with Gasteiger partial charge in [-0.3, -0.25) is 0 Å². The fraction of sp³-hybridized carbons (Fsp3) is 0.417. The molecule has 0 unspecified atom stereocenters. The van der Waals surface area contributed by atoms with Gasteiger partial charge >= 0.3 is 0 Å². The van der Waals surface area contributed by atoms with Crippen molar-refractivity contribution >= 4 is 0 Å². The molecule has 1 radical (unpaired) electrons. The molecule has 0 aromatic heterocycles. The zero-order valence-corrected chi connectivity index (χ0v) is 8.01. The smallest absolute Gasteiger partial charge is 0.00931 e. The zero-order chi connectivity index (χ0) is 8.81. The van der Waals surface area contributed by atoms with Crippen LogP contribution < -0.4 is 0 Å². The molecule has 0 heterocycles. The van der Waals surface area contributed by atoms with E-state index in [9.17, 15) is 0 Å². The van der Waals surface area contributed by atoms with Crippen LogP contribution in [0, 0.1) is 13.3 Å². The van der Waals surface area contributed by atoms with Gasteiger partial charge in [-0.25, -0.2) is 0 Å². The molecule has 1 aromatic carbocycles. The van der Waals surface area contributed by atoms with Crippen molar-refractivity contribution in [1.82, 2.24) is 0 Å². The first-order chi connectivity index (χ1) is 5.83. The first-order valence-electron chi connectivity index (χ1n) is 4.73. The fourth-order valence-electron chi connectivity index (χ4n) is 1.18. The molecule has 0 aliphatic rings. The Morgan fingerprint density at radius 3 is 2.42 bits per heavy atom. The Kier molecular flexibility index (Phi) is 3.86. The maximum Gasteiger partial charge on any atom is -0.00931 e. The molecular weight excluding hydrogens is 144 g/mol. The first-order valence-corrected chi connectivity index (χ1v) is 4.73. The molecule has 65 valence electrons. The molecule has 0 saturated heterocycles. The van der Waals surface area contributed by atoms with Crippen molar-refractivity contribution in [2.24, 2.45) is 0 Å². The second kappa shape index (κ2) is 4.97. The number of aryl methyl sites for hydroxylation is 1. The van der Waals surface area contributed by atoms with Crippen LogP contribution in [-0.2, 0) is 0 Å². The highest BCUT2D eigenvalue weighted by Gasteiger charge is 1.91.